The number of ketones is 1. The molecule has 0 unspecified atom stereocenters. The zero-order valence-corrected chi connectivity index (χ0v) is 11.7. The molecule has 0 radical (unpaired) electrons. The summed E-state index contributed by atoms with van der Waals surface area (Å²) in [5, 5.41) is 9.58. The molecule has 0 amide bonds. The molecule has 96 valence electrons. The number of allylic oxidation sites excluding steroid dienone is 1. The molecule has 1 aliphatic heterocycles. The van der Waals surface area contributed by atoms with Crippen LogP contribution in [0.2, 0.25) is 0 Å². The number of hydrogen-bond acceptors (Lipinski definition) is 4. The Bertz CT molecular complexity index is 596. The van der Waals surface area contributed by atoms with Crippen LogP contribution in [0.4, 0.5) is 0 Å². The molecular formula is C15H14N2OS. The summed E-state index contributed by atoms with van der Waals surface area (Å²) in [6, 6.07) is 9.39. The molecular weight excluding hydrogens is 256 g/mol. The Morgan fingerprint density at radius 3 is 2.68 bits per heavy atom. The zero-order chi connectivity index (χ0) is 13.9. The Kier molecular flexibility index (Phi) is 3.87. The third-order valence-electron chi connectivity index (χ3n) is 3.27. The molecule has 3 nitrogen and oxygen atoms in total. The maximum Gasteiger partial charge on any atom is 0.142 e. The highest BCUT2D eigenvalue weighted by molar-refractivity contribution is 8.14. The highest BCUT2D eigenvalue weighted by atomic mass is 32.2. The number of nitriles is 1. The third kappa shape index (κ3) is 2.77. The van der Waals surface area contributed by atoms with Gasteiger partial charge in [0.15, 0.2) is 0 Å². The quantitative estimate of drug-likeness (QED) is 0.825. The molecule has 0 spiro atoms. The molecule has 0 saturated heterocycles. The van der Waals surface area contributed by atoms with Crippen LogP contribution in [-0.2, 0) is 4.79 Å². The number of aliphatic imine (C=N–C) groups is 1. The maximum absolute atomic E-state index is 11.9. The number of hydrogen-bond donors (Lipinski definition) is 0. The Hall–Kier alpha value is -1.86. The molecule has 1 heterocycles. The first-order chi connectivity index (χ1) is 9.06. The molecule has 0 fully saturated rings. The Labute approximate surface area is 117 Å². The molecule has 1 aromatic carbocycles. The number of thioether (sulfide) groups is 1. The summed E-state index contributed by atoms with van der Waals surface area (Å²) in [4.78, 5) is 17.2. The number of Topliss-reactive ketones (excluding diaryl/α,β-unsaturated/α-hetero) is 1. The van der Waals surface area contributed by atoms with Gasteiger partial charge in [-0.1, -0.05) is 17.8 Å². The van der Waals surface area contributed by atoms with Crippen LogP contribution in [0, 0.1) is 16.7 Å². The summed E-state index contributed by atoms with van der Waals surface area (Å²) in [5.41, 5.74) is 0.0944. The van der Waals surface area contributed by atoms with E-state index in [4.69, 9.17) is 5.26 Å². The lowest BCUT2D eigenvalue weighted by atomic mass is 9.83. The van der Waals surface area contributed by atoms with E-state index >= 15 is 0 Å². The van der Waals surface area contributed by atoms with Crippen LogP contribution < -0.4 is 0 Å². The van der Waals surface area contributed by atoms with Crippen molar-refractivity contribution in [1.82, 2.24) is 0 Å². The second kappa shape index (κ2) is 5.41. The Morgan fingerprint density at radius 1 is 1.42 bits per heavy atom. The molecule has 0 aromatic heterocycles. The highest BCUT2D eigenvalue weighted by Gasteiger charge is 2.36. The Morgan fingerprint density at radius 2 is 2.11 bits per heavy atom. The van der Waals surface area contributed by atoms with Crippen LogP contribution in [0.25, 0.3) is 0 Å². The third-order valence-corrected chi connectivity index (χ3v) is 4.53. The fourth-order valence-electron chi connectivity index (χ4n) is 1.78. The van der Waals surface area contributed by atoms with Gasteiger partial charge in [-0.3, -0.25) is 9.79 Å². The van der Waals surface area contributed by atoms with Crippen molar-refractivity contribution in [2.75, 3.05) is 0 Å². The summed E-state index contributed by atoms with van der Waals surface area (Å²) in [7, 11) is 0. The first-order valence-electron chi connectivity index (χ1n) is 5.98. The summed E-state index contributed by atoms with van der Waals surface area (Å²) < 4.78 is 0. The van der Waals surface area contributed by atoms with E-state index in [-0.39, 0.29) is 5.78 Å². The summed E-state index contributed by atoms with van der Waals surface area (Å²) >= 11 is 1.49. The van der Waals surface area contributed by atoms with Gasteiger partial charge < -0.3 is 0 Å². The smallest absolute Gasteiger partial charge is 0.142 e. The summed E-state index contributed by atoms with van der Waals surface area (Å²) in [6.45, 7) is 3.53. The van der Waals surface area contributed by atoms with E-state index in [9.17, 15) is 4.79 Å². The summed E-state index contributed by atoms with van der Waals surface area (Å²) in [6.07, 6.45) is 4.35. The van der Waals surface area contributed by atoms with Crippen LogP contribution in [0.3, 0.4) is 0 Å². The molecule has 0 bridgehead atoms. The first-order valence-corrected chi connectivity index (χ1v) is 6.80. The minimum absolute atomic E-state index is 0.122. The van der Waals surface area contributed by atoms with Gasteiger partial charge in [-0.15, -0.1) is 0 Å². The fraction of sp³-hybridized carbons (Fsp3) is 0.267. The lowest BCUT2D eigenvalue weighted by Crippen LogP contribution is -2.33. The van der Waals surface area contributed by atoms with Crippen LogP contribution in [0.15, 0.2) is 46.4 Å². The van der Waals surface area contributed by atoms with Crippen molar-refractivity contribution in [3.05, 3.63) is 42.1 Å². The van der Waals surface area contributed by atoms with E-state index < -0.39 is 5.41 Å². The van der Waals surface area contributed by atoms with Gasteiger partial charge in [0.2, 0.25) is 0 Å². The van der Waals surface area contributed by atoms with Crippen molar-refractivity contribution < 1.29 is 4.79 Å². The summed E-state index contributed by atoms with van der Waals surface area (Å²) in [5.74, 6) is 0.122. The number of carbonyl (C=O) groups is 1. The topological polar surface area (TPSA) is 53.2 Å². The highest BCUT2D eigenvalue weighted by Crippen LogP contribution is 2.37. The zero-order valence-electron chi connectivity index (χ0n) is 10.9. The number of benzene rings is 1. The van der Waals surface area contributed by atoms with E-state index in [0.29, 0.717) is 12.0 Å². The van der Waals surface area contributed by atoms with Crippen molar-refractivity contribution in [2.24, 2.45) is 10.4 Å². The normalized spacial score (nSPS) is 21.6. The Balaban J connectivity index is 2.25. The maximum atomic E-state index is 11.9. The average molecular weight is 270 g/mol. The first kappa shape index (κ1) is 13.6. The van der Waals surface area contributed by atoms with E-state index in [1.165, 1.54) is 11.8 Å². The van der Waals surface area contributed by atoms with Gasteiger partial charge in [0, 0.05) is 11.1 Å². The van der Waals surface area contributed by atoms with E-state index in [2.05, 4.69) is 11.1 Å². The van der Waals surface area contributed by atoms with Gasteiger partial charge in [0.25, 0.3) is 0 Å². The van der Waals surface area contributed by atoms with Crippen molar-refractivity contribution in [3.8, 4) is 6.07 Å². The lowest BCUT2D eigenvalue weighted by Gasteiger charge is -2.28. The standard InChI is InChI=1S/C15H14N2OS/c1-11(18)15(2)8-3-9-17-14(15)19-13-6-4-12(10-16)5-7-13/h3-7,9H,8H2,1-2H3/t15-/m0/s1. The van der Waals surface area contributed by atoms with Crippen molar-refractivity contribution in [3.63, 3.8) is 0 Å². The van der Waals surface area contributed by atoms with Gasteiger partial charge in [-0.2, -0.15) is 5.26 Å². The average Bonchev–Trinajstić information content (AvgIpc) is 2.42. The molecule has 0 N–H and O–H groups in total. The molecule has 1 aromatic rings. The molecule has 1 aliphatic rings. The fourth-order valence-corrected chi connectivity index (χ4v) is 2.84. The second-order valence-corrected chi connectivity index (χ2v) is 5.71. The van der Waals surface area contributed by atoms with Crippen LogP contribution in [0.5, 0.6) is 0 Å². The molecule has 4 heteroatoms. The molecule has 1 atom stereocenters. The van der Waals surface area contributed by atoms with E-state index in [1.807, 2.05) is 25.1 Å². The van der Waals surface area contributed by atoms with Crippen molar-refractivity contribution in [1.29, 1.82) is 5.26 Å². The molecule has 19 heavy (non-hydrogen) atoms. The van der Waals surface area contributed by atoms with E-state index in [1.54, 1.807) is 25.3 Å². The SMILES string of the molecule is CC(=O)[C@]1(C)CC=CN=C1Sc1ccc(C#N)cc1. The van der Waals surface area contributed by atoms with Crippen LogP contribution in [-0.4, -0.2) is 10.8 Å². The predicted octanol–water partition coefficient (Wildman–Crippen LogP) is 3.56. The number of nitrogens with zero attached hydrogens (tertiary/aromatic N) is 2. The van der Waals surface area contributed by atoms with E-state index in [0.717, 1.165) is 9.94 Å². The second-order valence-electron chi connectivity index (χ2n) is 4.65. The van der Waals surface area contributed by atoms with Crippen LogP contribution in [0.1, 0.15) is 25.8 Å². The molecule has 0 aliphatic carbocycles. The van der Waals surface area contributed by atoms with Gasteiger partial charge >= 0.3 is 0 Å². The number of rotatable bonds is 2. The van der Waals surface area contributed by atoms with Gasteiger partial charge in [0.05, 0.1) is 22.1 Å². The minimum Gasteiger partial charge on any atom is -0.299 e. The number of carbonyl (C=O) groups excluding carboxylic acids is 1. The largest absolute Gasteiger partial charge is 0.299 e. The van der Waals surface area contributed by atoms with Crippen molar-refractivity contribution in [2.45, 2.75) is 25.2 Å². The van der Waals surface area contributed by atoms with Gasteiger partial charge in [-0.25, -0.2) is 0 Å². The lowest BCUT2D eigenvalue weighted by molar-refractivity contribution is -0.122. The monoisotopic (exact) mass is 270 g/mol. The molecule has 0 saturated carbocycles. The van der Waals surface area contributed by atoms with Crippen molar-refractivity contribution >= 4 is 22.6 Å². The minimum atomic E-state index is -0.534. The van der Waals surface area contributed by atoms with Gasteiger partial charge in [0.1, 0.15) is 5.78 Å². The van der Waals surface area contributed by atoms with Crippen LogP contribution >= 0.6 is 11.8 Å². The molecule has 2 rings (SSSR count). The van der Waals surface area contributed by atoms with Gasteiger partial charge in [-0.05, 0) is 44.5 Å². The predicted molar refractivity (Wildman–Crippen MR) is 77.0 cm³/mol.